The zero-order valence-corrected chi connectivity index (χ0v) is 17.1. The summed E-state index contributed by atoms with van der Waals surface area (Å²) in [4.78, 5) is 25.3. The lowest BCUT2D eigenvalue weighted by atomic mass is 10.1. The summed E-state index contributed by atoms with van der Waals surface area (Å²) in [5.74, 6) is -0.427. The molecule has 2 aromatic carbocycles. The lowest BCUT2D eigenvalue weighted by Gasteiger charge is -2.10. The molecule has 0 bridgehead atoms. The Morgan fingerprint density at radius 1 is 1.10 bits per heavy atom. The number of esters is 1. The van der Waals surface area contributed by atoms with E-state index in [0.717, 1.165) is 22.4 Å². The smallest absolute Gasteiger partial charge is 0.306 e. The van der Waals surface area contributed by atoms with Crippen LogP contribution in [0.4, 0.5) is 11.4 Å². The molecule has 0 unspecified atom stereocenters. The standard InChI is InChI=1S/C23H24N2O3S/c1-2-13-28-22(26)12-7-16-5-8-17(9-6-16)23(27)25-20-15-18(10-11-19(20)24)21-4-3-14-29-21/h3-6,8-11,14-15H,2,7,12-13,24H2,1H3,(H,25,27). The number of hydrogen-bond acceptors (Lipinski definition) is 5. The topological polar surface area (TPSA) is 81.4 Å². The minimum absolute atomic E-state index is 0.199. The van der Waals surface area contributed by atoms with Crippen molar-refractivity contribution in [1.82, 2.24) is 0 Å². The van der Waals surface area contributed by atoms with Crippen molar-refractivity contribution >= 4 is 34.6 Å². The summed E-state index contributed by atoms with van der Waals surface area (Å²) in [6.45, 7) is 2.41. The SMILES string of the molecule is CCCOC(=O)CCc1ccc(C(=O)Nc2cc(-c3cccs3)ccc2N)cc1. The third kappa shape index (κ3) is 5.68. The second-order valence-corrected chi connectivity index (χ2v) is 7.60. The Morgan fingerprint density at radius 3 is 2.59 bits per heavy atom. The van der Waals surface area contributed by atoms with Crippen molar-refractivity contribution in [2.45, 2.75) is 26.2 Å². The predicted octanol–water partition coefficient (Wildman–Crippen LogP) is 5.14. The Balaban J connectivity index is 1.62. The lowest BCUT2D eigenvalue weighted by molar-refractivity contribution is -0.143. The van der Waals surface area contributed by atoms with Gasteiger partial charge in [-0.15, -0.1) is 11.3 Å². The zero-order chi connectivity index (χ0) is 20.6. The fourth-order valence-electron chi connectivity index (χ4n) is 2.81. The molecule has 1 amide bonds. The molecule has 0 aliphatic heterocycles. The van der Waals surface area contributed by atoms with Crippen molar-refractivity contribution in [3.05, 3.63) is 71.1 Å². The Labute approximate surface area is 174 Å². The first-order chi connectivity index (χ1) is 14.1. The van der Waals surface area contributed by atoms with Gasteiger partial charge in [0, 0.05) is 16.9 Å². The van der Waals surface area contributed by atoms with Crippen LogP contribution < -0.4 is 11.1 Å². The van der Waals surface area contributed by atoms with Gasteiger partial charge >= 0.3 is 5.97 Å². The van der Waals surface area contributed by atoms with Gasteiger partial charge in [0.25, 0.3) is 5.91 Å². The van der Waals surface area contributed by atoms with E-state index in [2.05, 4.69) is 5.32 Å². The normalized spacial score (nSPS) is 10.5. The molecule has 0 fully saturated rings. The van der Waals surface area contributed by atoms with Gasteiger partial charge in [-0.1, -0.05) is 31.2 Å². The molecular weight excluding hydrogens is 384 g/mol. The number of hydrogen-bond donors (Lipinski definition) is 2. The number of rotatable bonds is 8. The summed E-state index contributed by atoms with van der Waals surface area (Å²) < 4.78 is 5.07. The molecule has 0 aliphatic rings. The van der Waals surface area contributed by atoms with E-state index < -0.39 is 0 Å². The number of nitrogen functional groups attached to an aromatic ring is 1. The van der Waals surface area contributed by atoms with Crippen molar-refractivity contribution in [2.24, 2.45) is 0 Å². The fraction of sp³-hybridized carbons (Fsp3) is 0.217. The highest BCUT2D eigenvalue weighted by Gasteiger charge is 2.11. The maximum Gasteiger partial charge on any atom is 0.306 e. The number of nitrogens with one attached hydrogen (secondary N) is 1. The summed E-state index contributed by atoms with van der Waals surface area (Å²) in [7, 11) is 0. The number of carbonyl (C=O) groups excluding carboxylic acids is 2. The Hall–Kier alpha value is -3.12. The first kappa shape index (κ1) is 20.6. The minimum atomic E-state index is -0.228. The van der Waals surface area contributed by atoms with Gasteiger partial charge in [-0.05, 0) is 59.7 Å². The van der Waals surface area contributed by atoms with Crippen molar-refractivity contribution < 1.29 is 14.3 Å². The highest BCUT2D eigenvalue weighted by molar-refractivity contribution is 7.13. The molecular formula is C23H24N2O3S. The van der Waals surface area contributed by atoms with E-state index in [1.165, 1.54) is 0 Å². The van der Waals surface area contributed by atoms with Gasteiger partial charge in [0.1, 0.15) is 0 Å². The number of thiophene rings is 1. The van der Waals surface area contributed by atoms with Gasteiger partial charge in [0.05, 0.1) is 18.0 Å². The number of anilines is 2. The Bertz CT molecular complexity index is 966. The Kier molecular flexibility index (Phi) is 7.03. The van der Waals surface area contributed by atoms with Crippen LogP contribution in [0.5, 0.6) is 0 Å². The van der Waals surface area contributed by atoms with Gasteiger partial charge in [0.15, 0.2) is 0 Å². The number of benzene rings is 2. The summed E-state index contributed by atoms with van der Waals surface area (Å²) in [5, 5.41) is 4.90. The maximum absolute atomic E-state index is 12.6. The largest absolute Gasteiger partial charge is 0.466 e. The molecule has 150 valence electrons. The van der Waals surface area contributed by atoms with Crippen LogP contribution in [0.1, 0.15) is 35.7 Å². The van der Waals surface area contributed by atoms with Crippen LogP contribution in [-0.4, -0.2) is 18.5 Å². The summed E-state index contributed by atoms with van der Waals surface area (Å²) >= 11 is 1.63. The zero-order valence-electron chi connectivity index (χ0n) is 16.3. The molecule has 0 spiro atoms. The summed E-state index contributed by atoms with van der Waals surface area (Å²) in [6.07, 6.45) is 1.73. The van der Waals surface area contributed by atoms with E-state index in [9.17, 15) is 9.59 Å². The van der Waals surface area contributed by atoms with Crippen molar-refractivity contribution in [3.63, 3.8) is 0 Å². The third-order valence-electron chi connectivity index (χ3n) is 4.41. The molecule has 3 rings (SSSR count). The molecule has 29 heavy (non-hydrogen) atoms. The van der Waals surface area contributed by atoms with E-state index in [1.54, 1.807) is 29.5 Å². The van der Waals surface area contributed by atoms with Gasteiger partial charge in [-0.3, -0.25) is 9.59 Å². The minimum Gasteiger partial charge on any atom is -0.466 e. The van der Waals surface area contributed by atoms with Crippen LogP contribution in [0.25, 0.3) is 10.4 Å². The average Bonchev–Trinajstić information content (AvgIpc) is 3.27. The number of nitrogens with two attached hydrogens (primary N) is 1. The summed E-state index contributed by atoms with van der Waals surface area (Å²) in [6, 6.07) is 16.8. The van der Waals surface area contributed by atoms with Gasteiger partial charge in [-0.2, -0.15) is 0 Å². The van der Waals surface area contributed by atoms with E-state index in [4.69, 9.17) is 10.5 Å². The van der Waals surface area contributed by atoms with Crippen LogP contribution in [0.15, 0.2) is 60.0 Å². The van der Waals surface area contributed by atoms with Crippen molar-refractivity contribution in [2.75, 3.05) is 17.7 Å². The number of amides is 1. The lowest BCUT2D eigenvalue weighted by Crippen LogP contribution is -2.13. The first-order valence-electron chi connectivity index (χ1n) is 9.56. The molecule has 6 heteroatoms. The fourth-order valence-corrected chi connectivity index (χ4v) is 3.54. The van der Waals surface area contributed by atoms with E-state index in [0.29, 0.717) is 36.4 Å². The van der Waals surface area contributed by atoms with Crippen LogP contribution in [0.3, 0.4) is 0 Å². The van der Waals surface area contributed by atoms with Gasteiger partial charge in [0.2, 0.25) is 0 Å². The predicted molar refractivity (Wildman–Crippen MR) is 118 cm³/mol. The number of ether oxygens (including phenoxy) is 1. The second kappa shape index (κ2) is 9.89. The molecule has 0 saturated heterocycles. The highest BCUT2D eigenvalue weighted by Crippen LogP contribution is 2.30. The molecule has 0 radical (unpaired) electrons. The van der Waals surface area contributed by atoms with Gasteiger partial charge < -0.3 is 15.8 Å². The molecule has 0 aliphatic carbocycles. The molecule has 0 saturated carbocycles. The Morgan fingerprint density at radius 2 is 1.90 bits per heavy atom. The second-order valence-electron chi connectivity index (χ2n) is 6.65. The van der Waals surface area contributed by atoms with Crippen molar-refractivity contribution in [3.8, 4) is 10.4 Å². The van der Waals surface area contributed by atoms with E-state index >= 15 is 0 Å². The maximum atomic E-state index is 12.6. The monoisotopic (exact) mass is 408 g/mol. The molecule has 1 aromatic heterocycles. The third-order valence-corrected chi connectivity index (χ3v) is 5.33. The summed E-state index contributed by atoms with van der Waals surface area (Å²) in [5.41, 5.74) is 9.66. The molecule has 1 heterocycles. The van der Waals surface area contributed by atoms with E-state index in [1.807, 2.05) is 48.7 Å². The first-order valence-corrected chi connectivity index (χ1v) is 10.4. The van der Waals surface area contributed by atoms with Crippen molar-refractivity contribution in [1.29, 1.82) is 0 Å². The van der Waals surface area contributed by atoms with Crippen LogP contribution in [0.2, 0.25) is 0 Å². The van der Waals surface area contributed by atoms with Crippen LogP contribution in [-0.2, 0) is 16.0 Å². The van der Waals surface area contributed by atoms with Gasteiger partial charge in [-0.25, -0.2) is 0 Å². The molecule has 5 nitrogen and oxygen atoms in total. The van der Waals surface area contributed by atoms with E-state index in [-0.39, 0.29) is 11.9 Å². The van der Waals surface area contributed by atoms with Crippen LogP contribution in [0, 0.1) is 0 Å². The molecule has 3 aromatic rings. The molecule has 3 N–H and O–H groups in total. The number of aryl methyl sites for hydroxylation is 1. The molecule has 0 atom stereocenters. The van der Waals surface area contributed by atoms with Crippen LogP contribution >= 0.6 is 11.3 Å². The number of carbonyl (C=O) groups is 2. The quantitative estimate of drug-likeness (QED) is 0.400. The highest BCUT2D eigenvalue weighted by atomic mass is 32.1. The average molecular weight is 409 g/mol.